The van der Waals surface area contributed by atoms with Crippen LogP contribution in [0.15, 0.2) is 48.1 Å². The standard InChI is InChI=1S/C13H16O/c1-10(14)12-8-5-7-11-6-3-4-9-13(11,12)2/h3-11,14H,1-2H3. The van der Waals surface area contributed by atoms with Crippen molar-refractivity contribution >= 4 is 0 Å². The molecule has 2 aliphatic rings. The zero-order valence-corrected chi connectivity index (χ0v) is 8.64. The minimum atomic E-state index is -0.372. The fourth-order valence-electron chi connectivity index (χ4n) is 2.35. The molecule has 3 unspecified atom stereocenters. The molecule has 2 aliphatic carbocycles. The summed E-state index contributed by atoms with van der Waals surface area (Å²) < 4.78 is 0. The summed E-state index contributed by atoms with van der Waals surface area (Å²) >= 11 is 0. The molecule has 0 saturated carbocycles. The molecule has 0 saturated heterocycles. The first-order valence-corrected chi connectivity index (χ1v) is 5.07. The Labute approximate surface area is 85.1 Å². The van der Waals surface area contributed by atoms with Gasteiger partial charge in [-0.1, -0.05) is 49.5 Å². The van der Waals surface area contributed by atoms with Gasteiger partial charge in [0.05, 0.1) is 6.10 Å². The Morgan fingerprint density at radius 3 is 2.71 bits per heavy atom. The van der Waals surface area contributed by atoms with E-state index in [4.69, 9.17) is 0 Å². The van der Waals surface area contributed by atoms with Gasteiger partial charge >= 0.3 is 0 Å². The number of allylic oxidation sites excluding steroid dienone is 7. The molecule has 1 N–H and O–H groups in total. The van der Waals surface area contributed by atoms with E-state index in [-0.39, 0.29) is 11.5 Å². The summed E-state index contributed by atoms with van der Waals surface area (Å²) in [6.07, 6.45) is 14.4. The van der Waals surface area contributed by atoms with Crippen molar-refractivity contribution in [1.29, 1.82) is 0 Å². The molecular weight excluding hydrogens is 172 g/mol. The number of rotatable bonds is 1. The second kappa shape index (κ2) is 3.25. The SMILES string of the molecule is CC(O)C1=CC=CC2C=CC=CC12C. The zero-order chi connectivity index (χ0) is 10.2. The van der Waals surface area contributed by atoms with Crippen molar-refractivity contribution in [3.63, 3.8) is 0 Å². The molecule has 0 heterocycles. The minimum Gasteiger partial charge on any atom is -0.389 e. The molecule has 0 aromatic heterocycles. The lowest BCUT2D eigenvalue weighted by atomic mass is 9.66. The van der Waals surface area contributed by atoms with Crippen LogP contribution in [0.2, 0.25) is 0 Å². The van der Waals surface area contributed by atoms with E-state index in [1.165, 1.54) is 0 Å². The number of aliphatic hydroxyl groups excluding tert-OH is 1. The van der Waals surface area contributed by atoms with Crippen molar-refractivity contribution in [2.75, 3.05) is 0 Å². The highest BCUT2D eigenvalue weighted by atomic mass is 16.3. The summed E-state index contributed by atoms with van der Waals surface area (Å²) in [7, 11) is 0. The number of aliphatic hydroxyl groups is 1. The highest BCUT2D eigenvalue weighted by molar-refractivity contribution is 5.40. The third-order valence-electron chi connectivity index (χ3n) is 3.23. The molecule has 0 spiro atoms. The molecule has 0 aliphatic heterocycles. The average Bonchev–Trinajstić information content (AvgIpc) is 2.15. The third kappa shape index (κ3) is 1.28. The van der Waals surface area contributed by atoms with Crippen LogP contribution in [-0.2, 0) is 0 Å². The van der Waals surface area contributed by atoms with Crippen molar-refractivity contribution < 1.29 is 5.11 Å². The molecule has 0 radical (unpaired) electrons. The molecule has 0 aromatic carbocycles. The Hall–Kier alpha value is -1.08. The van der Waals surface area contributed by atoms with E-state index >= 15 is 0 Å². The Morgan fingerprint density at radius 1 is 1.29 bits per heavy atom. The van der Waals surface area contributed by atoms with Gasteiger partial charge in [-0.25, -0.2) is 0 Å². The van der Waals surface area contributed by atoms with Crippen molar-refractivity contribution in [2.45, 2.75) is 20.0 Å². The molecule has 0 fully saturated rings. The summed E-state index contributed by atoms with van der Waals surface area (Å²) in [6, 6.07) is 0. The smallest absolute Gasteiger partial charge is 0.0733 e. The normalized spacial score (nSPS) is 36.5. The Balaban J connectivity index is 2.43. The fourth-order valence-corrected chi connectivity index (χ4v) is 2.35. The maximum absolute atomic E-state index is 9.72. The van der Waals surface area contributed by atoms with Gasteiger partial charge in [-0.05, 0) is 12.5 Å². The van der Waals surface area contributed by atoms with Crippen LogP contribution in [0.1, 0.15) is 13.8 Å². The van der Waals surface area contributed by atoms with Crippen molar-refractivity contribution in [1.82, 2.24) is 0 Å². The minimum absolute atomic E-state index is 0.0301. The lowest BCUT2D eigenvalue weighted by molar-refractivity contribution is 0.197. The quantitative estimate of drug-likeness (QED) is 0.670. The van der Waals surface area contributed by atoms with E-state index in [2.05, 4.69) is 37.3 Å². The molecule has 74 valence electrons. The molecule has 0 amide bonds. The molecule has 2 rings (SSSR count). The topological polar surface area (TPSA) is 20.2 Å². The largest absolute Gasteiger partial charge is 0.389 e. The van der Waals surface area contributed by atoms with Crippen LogP contribution in [0.25, 0.3) is 0 Å². The molecule has 1 nitrogen and oxygen atoms in total. The van der Waals surface area contributed by atoms with Gasteiger partial charge in [-0.2, -0.15) is 0 Å². The maximum Gasteiger partial charge on any atom is 0.0733 e. The van der Waals surface area contributed by atoms with Crippen LogP contribution in [0, 0.1) is 11.3 Å². The monoisotopic (exact) mass is 188 g/mol. The van der Waals surface area contributed by atoms with Crippen LogP contribution >= 0.6 is 0 Å². The summed E-state index contributed by atoms with van der Waals surface area (Å²) in [6.45, 7) is 4.01. The van der Waals surface area contributed by atoms with Gasteiger partial charge in [-0.15, -0.1) is 0 Å². The van der Waals surface area contributed by atoms with E-state index in [0.29, 0.717) is 5.92 Å². The van der Waals surface area contributed by atoms with Crippen molar-refractivity contribution in [3.05, 3.63) is 48.1 Å². The van der Waals surface area contributed by atoms with Crippen LogP contribution in [0.4, 0.5) is 0 Å². The number of hydrogen-bond acceptors (Lipinski definition) is 1. The Kier molecular flexibility index (Phi) is 2.20. The summed E-state index contributed by atoms with van der Waals surface area (Å²) in [5.41, 5.74) is 1.07. The lowest BCUT2D eigenvalue weighted by Crippen LogP contribution is -2.32. The first kappa shape index (κ1) is 9.47. The van der Waals surface area contributed by atoms with E-state index in [9.17, 15) is 5.11 Å². The van der Waals surface area contributed by atoms with Crippen molar-refractivity contribution in [2.24, 2.45) is 11.3 Å². The van der Waals surface area contributed by atoms with Crippen LogP contribution in [0.5, 0.6) is 0 Å². The molecule has 0 bridgehead atoms. The Morgan fingerprint density at radius 2 is 2.00 bits per heavy atom. The van der Waals surface area contributed by atoms with E-state index in [1.807, 2.05) is 19.1 Å². The molecule has 3 atom stereocenters. The van der Waals surface area contributed by atoms with E-state index in [0.717, 1.165) is 5.57 Å². The van der Waals surface area contributed by atoms with Crippen molar-refractivity contribution in [3.8, 4) is 0 Å². The van der Waals surface area contributed by atoms with Crippen LogP contribution < -0.4 is 0 Å². The fraction of sp³-hybridized carbons (Fsp3) is 0.385. The lowest BCUT2D eigenvalue weighted by Gasteiger charge is -2.39. The van der Waals surface area contributed by atoms with Gasteiger partial charge < -0.3 is 5.11 Å². The molecular formula is C13H16O. The highest BCUT2D eigenvalue weighted by Gasteiger charge is 2.36. The number of hydrogen-bond donors (Lipinski definition) is 1. The van der Waals surface area contributed by atoms with E-state index < -0.39 is 0 Å². The summed E-state index contributed by atoms with van der Waals surface area (Å²) in [5, 5.41) is 9.72. The molecule has 1 heteroatoms. The van der Waals surface area contributed by atoms with Gasteiger partial charge in [0.15, 0.2) is 0 Å². The summed E-state index contributed by atoms with van der Waals surface area (Å²) in [5.74, 6) is 0.391. The van der Waals surface area contributed by atoms with Gasteiger partial charge in [0, 0.05) is 11.3 Å². The number of fused-ring (bicyclic) bond motifs is 1. The van der Waals surface area contributed by atoms with Gasteiger partial charge in [-0.3, -0.25) is 0 Å². The van der Waals surface area contributed by atoms with Gasteiger partial charge in [0.25, 0.3) is 0 Å². The highest BCUT2D eigenvalue weighted by Crippen LogP contribution is 2.44. The summed E-state index contributed by atoms with van der Waals surface area (Å²) in [4.78, 5) is 0. The predicted molar refractivity (Wildman–Crippen MR) is 58.8 cm³/mol. The zero-order valence-electron chi connectivity index (χ0n) is 8.64. The molecule has 14 heavy (non-hydrogen) atoms. The second-order valence-electron chi connectivity index (χ2n) is 4.24. The van der Waals surface area contributed by atoms with Crippen LogP contribution in [-0.4, -0.2) is 11.2 Å². The first-order valence-electron chi connectivity index (χ1n) is 5.07. The van der Waals surface area contributed by atoms with Gasteiger partial charge in [0.1, 0.15) is 0 Å². The third-order valence-corrected chi connectivity index (χ3v) is 3.23. The van der Waals surface area contributed by atoms with Crippen LogP contribution in [0.3, 0.4) is 0 Å². The molecule has 0 aromatic rings. The van der Waals surface area contributed by atoms with Gasteiger partial charge in [0.2, 0.25) is 0 Å². The predicted octanol–water partition coefficient (Wildman–Crippen LogP) is 2.61. The maximum atomic E-state index is 9.72. The second-order valence-corrected chi connectivity index (χ2v) is 4.24. The average molecular weight is 188 g/mol. The Bertz CT molecular complexity index is 344. The first-order chi connectivity index (χ1) is 6.64. The van der Waals surface area contributed by atoms with E-state index in [1.54, 1.807) is 0 Å².